The Morgan fingerprint density at radius 2 is 1.82 bits per heavy atom. The highest BCUT2D eigenvalue weighted by atomic mass is 35.5. The Morgan fingerprint density at radius 1 is 1.04 bits per heavy atom. The van der Waals surface area contributed by atoms with Crippen LogP contribution in [0.15, 0.2) is 53.6 Å². The van der Waals surface area contributed by atoms with Crippen molar-refractivity contribution in [3.8, 4) is 5.75 Å². The molecular formula is C21H22ClN3O2S. The zero-order valence-corrected chi connectivity index (χ0v) is 17.1. The molecule has 0 N–H and O–H groups in total. The highest BCUT2D eigenvalue weighted by molar-refractivity contribution is 7.99. The van der Waals surface area contributed by atoms with E-state index in [0.29, 0.717) is 17.4 Å². The van der Waals surface area contributed by atoms with Crippen LogP contribution in [0.1, 0.15) is 5.82 Å². The lowest BCUT2D eigenvalue weighted by molar-refractivity contribution is 0.0330. The maximum atomic E-state index is 6.15. The highest BCUT2D eigenvalue weighted by Crippen LogP contribution is 2.27. The van der Waals surface area contributed by atoms with Crippen LogP contribution in [0, 0.1) is 0 Å². The fourth-order valence-electron chi connectivity index (χ4n) is 3.09. The van der Waals surface area contributed by atoms with E-state index < -0.39 is 0 Å². The van der Waals surface area contributed by atoms with Crippen molar-refractivity contribution < 1.29 is 9.47 Å². The van der Waals surface area contributed by atoms with E-state index in [-0.39, 0.29) is 0 Å². The lowest BCUT2D eigenvalue weighted by atomic mass is 10.2. The van der Waals surface area contributed by atoms with Crippen molar-refractivity contribution in [1.29, 1.82) is 0 Å². The fraction of sp³-hybridized carbons (Fsp3) is 0.333. The summed E-state index contributed by atoms with van der Waals surface area (Å²) in [5, 5.41) is 2.71. The minimum Gasteiger partial charge on any atom is -0.491 e. The molecule has 4 rings (SSSR count). The zero-order chi connectivity index (χ0) is 19.2. The number of thioether (sulfide) groups is 1. The Balaban J connectivity index is 1.44. The molecule has 0 amide bonds. The molecule has 1 fully saturated rings. The number of hydrogen-bond acceptors (Lipinski definition) is 6. The van der Waals surface area contributed by atoms with Crippen LogP contribution < -0.4 is 4.74 Å². The third kappa shape index (κ3) is 4.94. The molecule has 146 valence electrons. The molecule has 5 nitrogen and oxygen atoms in total. The van der Waals surface area contributed by atoms with Gasteiger partial charge < -0.3 is 9.47 Å². The summed E-state index contributed by atoms with van der Waals surface area (Å²) in [6.45, 7) is 4.70. The number of halogens is 1. The van der Waals surface area contributed by atoms with Crippen molar-refractivity contribution in [3.05, 3.63) is 59.4 Å². The molecule has 2 aromatic carbocycles. The first-order chi connectivity index (χ1) is 13.8. The minimum absolute atomic E-state index is 0.561. The third-order valence-electron chi connectivity index (χ3n) is 4.50. The van der Waals surface area contributed by atoms with Crippen LogP contribution in [0.25, 0.3) is 10.9 Å². The number of fused-ring (bicyclic) bond motifs is 1. The lowest BCUT2D eigenvalue weighted by Gasteiger charge is -2.25. The number of para-hydroxylation sites is 2. The third-order valence-corrected chi connectivity index (χ3v) is 5.77. The monoisotopic (exact) mass is 415 g/mol. The van der Waals surface area contributed by atoms with Crippen LogP contribution in [-0.2, 0) is 11.3 Å². The van der Waals surface area contributed by atoms with Gasteiger partial charge in [-0.3, -0.25) is 4.90 Å². The van der Waals surface area contributed by atoms with E-state index in [1.807, 2.05) is 42.5 Å². The lowest BCUT2D eigenvalue weighted by Crippen LogP contribution is -2.36. The Hall–Kier alpha value is -1.86. The van der Waals surface area contributed by atoms with Crippen molar-refractivity contribution in [1.82, 2.24) is 14.9 Å². The summed E-state index contributed by atoms with van der Waals surface area (Å²) in [4.78, 5) is 11.9. The van der Waals surface area contributed by atoms with Gasteiger partial charge in [-0.15, -0.1) is 11.8 Å². The molecule has 0 saturated carbocycles. The molecule has 1 aliphatic heterocycles. The molecule has 0 atom stereocenters. The number of aromatic nitrogens is 2. The number of hydrogen-bond donors (Lipinski definition) is 0. The van der Waals surface area contributed by atoms with E-state index in [4.69, 9.17) is 31.0 Å². The van der Waals surface area contributed by atoms with Gasteiger partial charge >= 0.3 is 0 Å². The summed E-state index contributed by atoms with van der Waals surface area (Å²) in [6.07, 6.45) is 0. The van der Waals surface area contributed by atoms with E-state index in [0.717, 1.165) is 60.4 Å². The van der Waals surface area contributed by atoms with Gasteiger partial charge in [0.05, 0.1) is 36.9 Å². The number of benzene rings is 2. The zero-order valence-electron chi connectivity index (χ0n) is 15.5. The van der Waals surface area contributed by atoms with E-state index in [2.05, 4.69) is 11.0 Å². The van der Waals surface area contributed by atoms with Gasteiger partial charge in [-0.2, -0.15) is 0 Å². The maximum Gasteiger partial charge on any atom is 0.144 e. The molecule has 0 spiro atoms. The number of ether oxygens (including phenoxy) is 2. The summed E-state index contributed by atoms with van der Waals surface area (Å²) >= 11 is 7.83. The average Bonchev–Trinajstić information content (AvgIpc) is 2.73. The van der Waals surface area contributed by atoms with E-state index >= 15 is 0 Å². The summed E-state index contributed by atoms with van der Waals surface area (Å²) in [5.74, 6) is 2.35. The van der Waals surface area contributed by atoms with E-state index in [1.165, 1.54) is 0 Å². The Bertz CT molecular complexity index is 934. The molecule has 1 aromatic heterocycles. The predicted octanol–water partition coefficient (Wildman–Crippen LogP) is 4.29. The molecule has 0 radical (unpaired) electrons. The first kappa shape index (κ1) is 19.5. The molecular weight excluding hydrogens is 394 g/mol. The first-order valence-electron chi connectivity index (χ1n) is 9.35. The fourth-order valence-corrected chi connectivity index (χ4v) is 4.13. The van der Waals surface area contributed by atoms with Crippen molar-refractivity contribution in [2.24, 2.45) is 0 Å². The number of morpholine rings is 1. The predicted molar refractivity (Wildman–Crippen MR) is 113 cm³/mol. The number of rotatable bonds is 7. The molecule has 28 heavy (non-hydrogen) atoms. The summed E-state index contributed by atoms with van der Waals surface area (Å²) in [5.41, 5.74) is 0.982. The van der Waals surface area contributed by atoms with Crippen molar-refractivity contribution in [3.63, 3.8) is 0 Å². The van der Waals surface area contributed by atoms with Crippen LogP contribution in [0.3, 0.4) is 0 Å². The number of nitrogens with zero attached hydrogens (tertiary/aromatic N) is 3. The molecule has 0 bridgehead atoms. The van der Waals surface area contributed by atoms with Gasteiger partial charge in [0.1, 0.15) is 16.6 Å². The van der Waals surface area contributed by atoms with E-state index in [9.17, 15) is 0 Å². The summed E-state index contributed by atoms with van der Waals surface area (Å²) in [7, 11) is 0. The Morgan fingerprint density at radius 3 is 2.68 bits per heavy atom. The molecule has 7 heteroatoms. The second kappa shape index (κ2) is 9.56. The van der Waals surface area contributed by atoms with Crippen LogP contribution >= 0.6 is 23.4 Å². The van der Waals surface area contributed by atoms with Crippen LogP contribution in [0.2, 0.25) is 5.02 Å². The molecule has 0 unspecified atom stereocenters. The smallest absolute Gasteiger partial charge is 0.144 e. The van der Waals surface area contributed by atoms with Gasteiger partial charge in [0, 0.05) is 24.2 Å². The van der Waals surface area contributed by atoms with Crippen molar-refractivity contribution in [2.75, 3.05) is 38.7 Å². The van der Waals surface area contributed by atoms with Crippen LogP contribution in [0.4, 0.5) is 0 Å². The largest absolute Gasteiger partial charge is 0.491 e. The summed E-state index contributed by atoms with van der Waals surface area (Å²) < 4.78 is 11.2. The molecule has 1 aliphatic rings. The molecule has 1 saturated heterocycles. The second-order valence-electron chi connectivity index (χ2n) is 6.48. The molecule has 0 aliphatic carbocycles. The topological polar surface area (TPSA) is 47.5 Å². The second-order valence-corrected chi connectivity index (χ2v) is 7.97. The SMILES string of the molecule is Clc1ccccc1OCCSc1nc(CN2CCOCC2)nc2ccccc12. The highest BCUT2D eigenvalue weighted by Gasteiger charge is 2.14. The maximum absolute atomic E-state index is 6.15. The van der Waals surface area contributed by atoms with Crippen LogP contribution in [-0.4, -0.2) is 53.5 Å². The quantitative estimate of drug-likeness (QED) is 0.326. The molecule has 3 aromatic rings. The van der Waals surface area contributed by atoms with Gasteiger partial charge in [0.25, 0.3) is 0 Å². The van der Waals surface area contributed by atoms with Gasteiger partial charge in [0.2, 0.25) is 0 Å². The average molecular weight is 416 g/mol. The van der Waals surface area contributed by atoms with Gasteiger partial charge in [-0.1, -0.05) is 41.9 Å². The molecule has 2 heterocycles. The Kier molecular flexibility index (Phi) is 6.65. The Labute approximate surface area is 174 Å². The minimum atomic E-state index is 0.561. The van der Waals surface area contributed by atoms with E-state index in [1.54, 1.807) is 11.8 Å². The normalized spacial score (nSPS) is 15.0. The van der Waals surface area contributed by atoms with Gasteiger partial charge in [-0.05, 0) is 18.2 Å². The van der Waals surface area contributed by atoms with Gasteiger partial charge in [0.15, 0.2) is 0 Å². The van der Waals surface area contributed by atoms with Crippen molar-refractivity contribution >= 4 is 34.3 Å². The first-order valence-corrected chi connectivity index (χ1v) is 10.7. The summed E-state index contributed by atoms with van der Waals surface area (Å²) in [6, 6.07) is 15.7. The van der Waals surface area contributed by atoms with Crippen molar-refractivity contribution in [2.45, 2.75) is 11.6 Å². The van der Waals surface area contributed by atoms with Gasteiger partial charge in [-0.25, -0.2) is 9.97 Å². The standard InChI is InChI=1S/C21H22ClN3O2S/c22-17-6-2-4-8-19(17)27-13-14-28-21-16-5-1-3-7-18(16)23-20(24-21)15-25-9-11-26-12-10-25/h1-8H,9-15H2. The van der Waals surface area contributed by atoms with Crippen LogP contribution in [0.5, 0.6) is 5.75 Å².